The molecule has 0 heterocycles. The quantitative estimate of drug-likeness (QED) is 0.567. The molecule has 27 heavy (non-hydrogen) atoms. The Bertz CT molecular complexity index is 868. The minimum Gasteiger partial charge on any atom is -0.324 e. The molecule has 0 aromatic heterocycles. The van der Waals surface area contributed by atoms with E-state index in [4.69, 9.17) is 0 Å². The fourth-order valence-electron chi connectivity index (χ4n) is 2.66. The molecule has 3 aromatic rings. The maximum absolute atomic E-state index is 12.8. The Morgan fingerprint density at radius 1 is 0.741 bits per heavy atom. The summed E-state index contributed by atoms with van der Waals surface area (Å²) in [4.78, 5) is 25.0. The highest BCUT2D eigenvalue weighted by atomic mass is 16.2. The number of hydrogen-bond acceptors (Lipinski definition) is 3. The van der Waals surface area contributed by atoms with Gasteiger partial charge in [-0.1, -0.05) is 78.9 Å². The number of rotatable bonds is 7. The first kappa shape index (κ1) is 18.4. The van der Waals surface area contributed by atoms with E-state index < -0.39 is 6.04 Å². The van der Waals surface area contributed by atoms with Gasteiger partial charge in [0.2, 0.25) is 11.8 Å². The Kier molecular flexibility index (Phi) is 6.33. The number of amides is 2. The highest BCUT2D eigenvalue weighted by molar-refractivity contribution is 5.95. The largest absolute Gasteiger partial charge is 0.324 e. The molecule has 0 aliphatic carbocycles. The van der Waals surface area contributed by atoms with Crippen molar-refractivity contribution in [3.05, 3.63) is 102 Å². The zero-order valence-corrected chi connectivity index (χ0v) is 14.8. The van der Waals surface area contributed by atoms with Gasteiger partial charge in [-0.05, 0) is 23.3 Å². The summed E-state index contributed by atoms with van der Waals surface area (Å²) in [5.74, 6) is -0.470. The van der Waals surface area contributed by atoms with Crippen LogP contribution in [0.5, 0.6) is 0 Å². The van der Waals surface area contributed by atoms with Gasteiger partial charge in [0.05, 0.1) is 6.42 Å². The second-order valence-corrected chi connectivity index (χ2v) is 6.05. The first-order valence-electron chi connectivity index (χ1n) is 8.71. The third kappa shape index (κ3) is 5.52. The van der Waals surface area contributed by atoms with Crippen LogP contribution in [0.25, 0.3) is 0 Å². The summed E-state index contributed by atoms with van der Waals surface area (Å²) in [6, 6.07) is 27.2. The molecule has 0 bridgehead atoms. The molecule has 5 heteroatoms. The van der Waals surface area contributed by atoms with Crippen molar-refractivity contribution in [3.63, 3.8) is 0 Å². The lowest BCUT2D eigenvalue weighted by Crippen LogP contribution is -2.45. The van der Waals surface area contributed by atoms with Gasteiger partial charge >= 0.3 is 0 Å². The average Bonchev–Trinajstić information content (AvgIpc) is 2.70. The molecule has 1 atom stereocenters. The number of carbonyl (C=O) groups excluding carboxylic acids is 2. The third-order valence-corrected chi connectivity index (χ3v) is 4.00. The van der Waals surface area contributed by atoms with Gasteiger partial charge in [0.15, 0.2) is 0 Å². The van der Waals surface area contributed by atoms with Crippen LogP contribution in [0.1, 0.15) is 17.2 Å². The molecule has 0 fully saturated rings. The van der Waals surface area contributed by atoms with Crippen LogP contribution in [-0.4, -0.2) is 11.8 Å². The lowest BCUT2D eigenvalue weighted by Gasteiger charge is -2.19. The van der Waals surface area contributed by atoms with E-state index in [2.05, 4.69) is 16.2 Å². The second-order valence-electron chi connectivity index (χ2n) is 6.05. The molecular formula is C22H21N3O2. The van der Waals surface area contributed by atoms with Crippen LogP contribution < -0.4 is 16.2 Å². The van der Waals surface area contributed by atoms with Gasteiger partial charge in [0, 0.05) is 5.69 Å². The molecule has 0 radical (unpaired) electrons. The molecule has 3 N–H and O–H groups in total. The topological polar surface area (TPSA) is 70.2 Å². The molecule has 5 nitrogen and oxygen atoms in total. The molecule has 0 saturated heterocycles. The van der Waals surface area contributed by atoms with Crippen LogP contribution in [0.15, 0.2) is 91.0 Å². The number of para-hydroxylation sites is 1. The Morgan fingerprint density at radius 2 is 1.30 bits per heavy atom. The molecule has 3 aromatic carbocycles. The number of hydrazine groups is 1. The SMILES string of the molecule is O=C(Cc1ccccc1)NN[C@H](C(=O)Nc1ccccc1)c1ccccc1. The van der Waals surface area contributed by atoms with Crippen LogP contribution in [0.4, 0.5) is 5.69 Å². The summed E-state index contributed by atoms with van der Waals surface area (Å²) in [5.41, 5.74) is 7.87. The van der Waals surface area contributed by atoms with Crippen LogP contribution in [0, 0.1) is 0 Å². The van der Waals surface area contributed by atoms with Crippen molar-refractivity contribution in [2.24, 2.45) is 0 Å². The third-order valence-electron chi connectivity index (χ3n) is 4.00. The van der Waals surface area contributed by atoms with E-state index in [0.29, 0.717) is 5.69 Å². The zero-order chi connectivity index (χ0) is 18.9. The van der Waals surface area contributed by atoms with E-state index in [-0.39, 0.29) is 18.2 Å². The normalized spacial score (nSPS) is 11.4. The maximum Gasteiger partial charge on any atom is 0.247 e. The Labute approximate surface area is 158 Å². The molecule has 136 valence electrons. The van der Waals surface area contributed by atoms with E-state index in [1.54, 1.807) is 0 Å². The van der Waals surface area contributed by atoms with E-state index in [0.717, 1.165) is 11.1 Å². The first-order valence-corrected chi connectivity index (χ1v) is 8.71. The molecule has 0 aliphatic rings. The minimum absolute atomic E-state index is 0.213. The molecule has 0 aliphatic heterocycles. The standard InChI is InChI=1S/C22H21N3O2/c26-20(16-17-10-4-1-5-11-17)24-25-21(18-12-6-2-7-13-18)22(27)23-19-14-8-3-9-15-19/h1-15,21,25H,16H2,(H,23,27)(H,24,26)/t21-/m0/s1. The van der Waals surface area contributed by atoms with Crippen LogP contribution >= 0.6 is 0 Å². The Morgan fingerprint density at radius 3 is 1.93 bits per heavy atom. The molecule has 0 spiro atoms. The van der Waals surface area contributed by atoms with E-state index >= 15 is 0 Å². The van der Waals surface area contributed by atoms with Crippen LogP contribution in [-0.2, 0) is 16.0 Å². The minimum atomic E-state index is -0.717. The first-order chi connectivity index (χ1) is 13.2. The second kappa shape index (κ2) is 9.31. The summed E-state index contributed by atoms with van der Waals surface area (Å²) in [5, 5.41) is 2.86. The predicted molar refractivity (Wildman–Crippen MR) is 106 cm³/mol. The van der Waals surface area contributed by atoms with Crippen LogP contribution in [0.2, 0.25) is 0 Å². The maximum atomic E-state index is 12.8. The van der Waals surface area contributed by atoms with Crippen molar-refractivity contribution in [1.82, 2.24) is 10.9 Å². The van der Waals surface area contributed by atoms with Crippen molar-refractivity contribution >= 4 is 17.5 Å². The van der Waals surface area contributed by atoms with Gasteiger partial charge in [-0.3, -0.25) is 15.0 Å². The number of nitrogens with one attached hydrogen (secondary N) is 3. The highest BCUT2D eigenvalue weighted by Gasteiger charge is 2.21. The Balaban J connectivity index is 1.67. The zero-order valence-electron chi connectivity index (χ0n) is 14.8. The van der Waals surface area contributed by atoms with Gasteiger partial charge in [-0.25, -0.2) is 5.43 Å². The van der Waals surface area contributed by atoms with E-state index in [9.17, 15) is 9.59 Å². The summed E-state index contributed by atoms with van der Waals surface area (Å²) < 4.78 is 0. The average molecular weight is 359 g/mol. The predicted octanol–water partition coefficient (Wildman–Crippen LogP) is 3.23. The summed E-state index contributed by atoms with van der Waals surface area (Å²) >= 11 is 0. The van der Waals surface area contributed by atoms with Gasteiger partial charge in [-0.15, -0.1) is 0 Å². The van der Waals surface area contributed by atoms with Crippen LogP contribution in [0.3, 0.4) is 0 Å². The highest BCUT2D eigenvalue weighted by Crippen LogP contribution is 2.15. The summed E-state index contributed by atoms with van der Waals surface area (Å²) in [7, 11) is 0. The summed E-state index contributed by atoms with van der Waals surface area (Å²) in [6.45, 7) is 0. The van der Waals surface area contributed by atoms with Crippen molar-refractivity contribution in [3.8, 4) is 0 Å². The number of anilines is 1. The van der Waals surface area contributed by atoms with Crippen molar-refractivity contribution < 1.29 is 9.59 Å². The number of carbonyl (C=O) groups is 2. The van der Waals surface area contributed by atoms with Gasteiger partial charge in [0.25, 0.3) is 0 Å². The van der Waals surface area contributed by atoms with Gasteiger partial charge < -0.3 is 5.32 Å². The van der Waals surface area contributed by atoms with Gasteiger partial charge in [-0.2, -0.15) is 0 Å². The van der Waals surface area contributed by atoms with Crippen molar-refractivity contribution in [2.45, 2.75) is 12.5 Å². The fraction of sp³-hybridized carbons (Fsp3) is 0.0909. The molecule has 0 unspecified atom stereocenters. The fourth-order valence-corrected chi connectivity index (χ4v) is 2.66. The lowest BCUT2D eigenvalue weighted by atomic mass is 10.1. The Hall–Kier alpha value is -3.44. The smallest absolute Gasteiger partial charge is 0.247 e. The summed E-state index contributed by atoms with van der Waals surface area (Å²) in [6.07, 6.45) is 0.232. The molecule has 2 amide bonds. The number of hydrogen-bond donors (Lipinski definition) is 3. The molecule has 0 saturated carbocycles. The molecule has 3 rings (SSSR count). The van der Waals surface area contributed by atoms with E-state index in [1.165, 1.54) is 0 Å². The van der Waals surface area contributed by atoms with E-state index in [1.807, 2.05) is 91.0 Å². The number of benzene rings is 3. The monoisotopic (exact) mass is 359 g/mol. The van der Waals surface area contributed by atoms with Crippen molar-refractivity contribution in [2.75, 3.05) is 5.32 Å². The molecular weight excluding hydrogens is 338 g/mol. The van der Waals surface area contributed by atoms with Crippen molar-refractivity contribution in [1.29, 1.82) is 0 Å². The van der Waals surface area contributed by atoms with Gasteiger partial charge in [0.1, 0.15) is 6.04 Å². The lowest BCUT2D eigenvalue weighted by molar-refractivity contribution is -0.123.